The third-order valence-corrected chi connectivity index (χ3v) is 4.91. The summed E-state index contributed by atoms with van der Waals surface area (Å²) in [6.45, 7) is 4.31. The molecule has 114 valence electrons. The molecule has 1 heterocycles. The van der Waals surface area contributed by atoms with Gasteiger partial charge in [0.1, 0.15) is 5.69 Å². The molecule has 1 fully saturated rings. The number of fused-ring (bicyclic) bond motifs is 1. The van der Waals surface area contributed by atoms with Crippen LogP contribution in [0.4, 0.5) is 0 Å². The molecule has 0 N–H and O–H groups in total. The summed E-state index contributed by atoms with van der Waals surface area (Å²) >= 11 is 0. The lowest BCUT2D eigenvalue weighted by molar-refractivity contribution is 0.0896. The van der Waals surface area contributed by atoms with E-state index in [0.29, 0.717) is 18.4 Å². The Morgan fingerprint density at radius 3 is 2.67 bits per heavy atom. The first-order chi connectivity index (χ1) is 10.00. The first-order valence-corrected chi connectivity index (χ1v) is 8.01. The zero-order valence-corrected chi connectivity index (χ0v) is 13.3. The van der Waals surface area contributed by atoms with Crippen molar-refractivity contribution in [2.24, 2.45) is 16.3 Å². The fraction of sp³-hybridized carbons (Fsp3) is 0.706. The predicted octanol–water partition coefficient (Wildman–Crippen LogP) is 3.47. The van der Waals surface area contributed by atoms with Crippen LogP contribution in [0.2, 0.25) is 0 Å². The van der Waals surface area contributed by atoms with Crippen LogP contribution in [0.25, 0.3) is 0 Å². The minimum absolute atomic E-state index is 0.0541. The summed E-state index contributed by atoms with van der Waals surface area (Å²) in [5.74, 6) is 0.885. The van der Waals surface area contributed by atoms with Gasteiger partial charge >= 0.3 is 0 Å². The number of imidazole rings is 1. The van der Waals surface area contributed by atoms with Gasteiger partial charge < -0.3 is 9.56 Å². The molecule has 0 saturated heterocycles. The lowest BCUT2D eigenvalue weighted by Gasteiger charge is -2.31. The molecule has 3 rings (SSSR count). The zero-order chi connectivity index (χ0) is 15.0. The van der Waals surface area contributed by atoms with Crippen LogP contribution in [0, 0.1) is 11.3 Å². The third-order valence-electron chi connectivity index (χ3n) is 4.91. The van der Waals surface area contributed by atoms with Gasteiger partial charge in [0.25, 0.3) is 0 Å². The van der Waals surface area contributed by atoms with Gasteiger partial charge in [0.05, 0.1) is 12.0 Å². The minimum Gasteiger partial charge on any atom is -0.325 e. The van der Waals surface area contributed by atoms with Crippen LogP contribution >= 0.6 is 0 Å². The van der Waals surface area contributed by atoms with E-state index in [4.69, 9.17) is 0 Å². The maximum Gasteiger partial charge on any atom is 0.181 e. The highest BCUT2D eigenvalue weighted by Gasteiger charge is 2.36. The molecule has 0 spiro atoms. The van der Waals surface area contributed by atoms with Crippen molar-refractivity contribution in [3.63, 3.8) is 0 Å². The van der Waals surface area contributed by atoms with Crippen LogP contribution in [-0.2, 0) is 6.42 Å². The smallest absolute Gasteiger partial charge is 0.181 e. The van der Waals surface area contributed by atoms with Gasteiger partial charge in [-0.05, 0) is 43.4 Å². The zero-order valence-electron chi connectivity index (χ0n) is 13.3. The van der Waals surface area contributed by atoms with Crippen molar-refractivity contribution in [3.8, 4) is 0 Å². The molecule has 4 nitrogen and oxygen atoms in total. The number of hydrogen-bond donors (Lipinski definition) is 0. The van der Waals surface area contributed by atoms with E-state index in [2.05, 4.69) is 34.6 Å². The van der Waals surface area contributed by atoms with Crippen LogP contribution in [0.15, 0.2) is 11.3 Å². The normalized spacial score (nSPS) is 28.8. The largest absolute Gasteiger partial charge is 0.325 e. The van der Waals surface area contributed by atoms with Crippen molar-refractivity contribution in [3.05, 3.63) is 17.7 Å². The van der Waals surface area contributed by atoms with Gasteiger partial charge in [0.15, 0.2) is 5.78 Å². The Kier molecular flexibility index (Phi) is 3.72. The molecular formula is C17H25N3O. The second kappa shape index (κ2) is 5.39. The van der Waals surface area contributed by atoms with E-state index in [0.717, 1.165) is 43.5 Å². The van der Waals surface area contributed by atoms with Crippen LogP contribution in [0.5, 0.6) is 0 Å². The van der Waals surface area contributed by atoms with Gasteiger partial charge in [0, 0.05) is 25.7 Å². The highest BCUT2D eigenvalue weighted by atomic mass is 16.1. The molecule has 0 amide bonds. The standard InChI is InChI=1S/C17H25N3O/c1-17(2)8-14-16(15(21)9-17)20(11-19-14)13-6-4-12(5-7-13)10-18-3/h10-13H,4-9H2,1-3H3. The molecule has 0 aromatic carbocycles. The van der Waals surface area contributed by atoms with Gasteiger partial charge in [0.2, 0.25) is 0 Å². The highest BCUT2D eigenvalue weighted by Crippen LogP contribution is 2.38. The Bertz CT molecular complexity index is 563. The second-order valence-electron chi connectivity index (χ2n) is 7.36. The van der Waals surface area contributed by atoms with E-state index in [1.165, 1.54) is 0 Å². The molecule has 0 aliphatic heterocycles. The molecule has 2 aliphatic carbocycles. The summed E-state index contributed by atoms with van der Waals surface area (Å²) in [7, 11) is 1.85. The third kappa shape index (κ3) is 2.81. The van der Waals surface area contributed by atoms with Gasteiger partial charge in [-0.25, -0.2) is 4.98 Å². The molecule has 0 bridgehead atoms. The van der Waals surface area contributed by atoms with Gasteiger partial charge in [-0.15, -0.1) is 0 Å². The first-order valence-electron chi connectivity index (χ1n) is 8.01. The summed E-state index contributed by atoms with van der Waals surface area (Å²) in [5.41, 5.74) is 1.95. The first kappa shape index (κ1) is 14.5. The second-order valence-corrected chi connectivity index (χ2v) is 7.36. The van der Waals surface area contributed by atoms with Crippen LogP contribution in [0.3, 0.4) is 0 Å². The SMILES string of the molecule is CN=CC1CCC(n2cnc3c2C(=O)CC(C)(C)C3)CC1. The number of carbonyl (C=O) groups excluding carboxylic acids is 1. The van der Waals surface area contributed by atoms with Crippen LogP contribution < -0.4 is 0 Å². The van der Waals surface area contributed by atoms with Crippen LogP contribution in [-0.4, -0.2) is 28.6 Å². The fourth-order valence-electron chi connectivity index (χ4n) is 3.88. The van der Waals surface area contributed by atoms with E-state index >= 15 is 0 Å². The quantitative estimate of drug-likeness (QED) is 0.782. The van der Waals surface area contributed by atoms with Crippen molar-refractivity contribution in [2.75, 3.05) is 7.05 Å². The van der Waals surface area contributed by atoms with Gasteiger partial charge in [-0.3, -0.25) is 4.79 Å². The molecule has 1 aromatic heterocycles. The monoisotopic (exact) mass is 287 g/mol. The predicted molar refractivity (Wildman–Crippen MR) is 84.1 cm³/mol. The van der Waals surface area contributed by atoms with E-state index in [-0.39, 0.29) is 11.2 Å². The Hall–Kier alpha value is -1.45. The number of Topliss-reactive ketones (excluding diaryl/α,β-unsaturated/α-hetero) is 1. The number of rotatable bonds is 2. The molecule has 1 aromatic rings. The Morgan fingerprint density at radius 2 is 2.00 bits per heavy atom. The topological polar surface area (TPSA) is 47.2 Å². The van der Waals surface area contributed by atoms with Crippen molar-refractivity contribution < 1.29 is 4.79 Å². The average molecular weight is 287 g/mol. The molecule has 4 heteroatoms. The summed E-state index contributed by atoms with van der Waals surface area (Å²) in [6, 6.07) is 0.438. The molecular weight excluding hydrogens is 262 g/mol. The van der Waals surface area contributed by atoms with Crippen molar-refractivity contribution in [1.29, 1.82) is 0 Å². The number of aromatic nitrogens is 2. The van der Waals surface area contributed by atoms with E-state index in [1.807, 2.05) is 13.4 Å². The highest BCUT2D eigenvalue weighted by molar-refractivity contribution is 5.97. The van der Waals surface area contributed by atoms with Crippen LogP contribution in [0.1, 0.15) is 68.2 Å². The number of hydrogen-bond acceptors (Lipinski definition) is 3. The summed E-state index contributed by atoms with van der Waals surface area (Å²) < 4.78 is 2.17. The van der Waals surface area contributed by atoms with E-state index in [1.54, 1.807) is 0 Å². The van der Waals surface area contributed by atoms with E-state index in [9.17, 15) is 4.79 Å². The summed E-state index contributed by atoms with van der Waals surface area (Å²) in [6.07, 6.45) is 10.1. The molecule has 0 radical (unpaired) electrons. The molecule has 1 saturated carbocycles. The molecule has 21 heavy (non-hydrogen) atoms. The molecule has 2 aliphatic rings. The Balaban J connectivity index is 1.80. The number of ketones is 1. The number of nitrogens with zero attached hydrogens (tertiary/aromatic N) is 3. The van der Waals surface area contributed by atoms with Crippen molar-refractivity contribution in [2.45, 2.75) is 58.4 Å². The lowest BCUT2D eigenvalue weighted by Crippen LogP contribution is -2.30. The summed E-state index contributed by atoms with van der Waals surface area (Å²) in [5, 5.41) is 0. The van der Waals surface area contributed by atoms with Crippen molar-refractivity contribution >= 4 is 12.0 Å². The average Bonchev–Trinajstić information content (AvgIpc) is 2.82. The fourth-order valence-corrected chi connectivity index (χ4v) is 3.88. The summed E-state index contributed by atoms with van der Waals surface area (Å²) in [4.78, 5) is 21.2. The van der Waals surface area contributed by atoms with Crippen molar-refractivity contribution in [1.82, 2.24) is 9.55 Å². The Morgan fingerprint density at radius 1 is 1.29 bits per heavy atom. The molecule has 0 unspecified atom stereocenters. The number of aliphatic imine (C=N–C) groups is 1. The Labute approximate surface area is 126 Å². The van der Waals surface area contributed by atoms with E-state index < -0.39 is 0 Å². The lowest BCUT2D eigenvalue weighted by atomic mass is 9.77. The molecule has 0 atom stereocenters. The maximum atomic E-state index is 12.5. The number of carbonyl (C=O) groups is 1. The van der Waals surface area contributed by atoms with Gasteiger partial charge in [-0.2, -0.15) is 0 Å². The minimum atomic E-state index is 0.0541. The maximum absolute atomic E-state index is 12.5. The van der Waals surface area contributed by atoms with Gasteiger partial charge in [-0.1, -0.05) is 13.8 Å².